The second-order valence-corrected chi connectivity index (χ2v) is 8.29. The number of aromatic nitrogens is 4. The van der Waals surface area contributed by atoms with Crippen molar-refractivity contribution >= 4 is 38.2 Å². The normalized spacial score (nSPS) is 11.3. The van der Waals surface area contributed by atoms with E-state index in [-0.39, 0.29) is 16.3 Å². The number of aryl methyl sites for hydroxylation is 2. The minimum absolute atomic E-state index is 0.112. The first-order valence-corrected chi connectivity index (χ1v) is 9.78. The summed E-state index contributed by atoms with van der Waals surface area (Å²) in [6.45, 7) is 1.87. The van der Waals surface area contributed by atoms with Crippen molar-refractivity contribution in [2.75, 3.05) is 16.7 Å². The van der Waals surface area contributed by atoms with Gasteiger partial charge >= 0.3 is 0 Å². The van der Waals surface area contributed by atoms with Crippen molar-refractivity contribution in [2.45, 2.75) is 11.8 Å². The van der Waals surface area contributed by atoms with Crippen LogP contribution in [0.4, 0.5) is 10.9 Å². The van der Waals surface area contributed by atoms with Gasteiger partial charge in [0.15, 0.2) is 5.82 Å². The molecule has 0 unspecified atom stereocenters. The van der Waals surface area contributed by atoms with Crippen LogP contribution in [0.15, 0.2) is 40.9 Å². The molecule has 0 radical (unpaired) electrons. The van der Waals surface area contributed by atoms with Gasteiger partial charge in [0.25, 0.3) is 15.9 Å². The number of benzene rings is 1. The Morgan fingerprint density at radius 2 is 1.96 bits per heavy atom. The largest absolute Gasteiger partial charge is 0.296 e. The van der Waals surface area contributed by atoms with E-state index >= 15 is 0 Å². The van der Waals surface area contributed by atoms with Crippen LogP contribution in [-0.4, -0.2) is 41.4 Å². The maximum atomic E-state index is 12.9. The molecule has 26 heavy (non-hydrogen) atoms. The lowest BCUT2D eigenvalue weighted by atomic mass is 10.2. The van der Waals surface area contributed by atoms with Crippen LogP contribution in [0, 0.1) is 6.92 Å². The summed E-state index contributed by atoms with van der Waals surface area (Å²) in [5.41, 5.74) is 2.54. The molecule has 3 rings (SSSR count). The molecule has 11 heteroatoms. The van der Waals surface area contributed by atoms with Crippen molar-refractivity contribution in [3.05, 3.63) is 47.1 Å². The number of nitrogens with one attached hydrogen (secondary N) is 1. The summed E-state index contributed by atoms with van der Waals surface area (Å²) in [6, 6.07) is 6.48. The lowest BCUT2D eigenvalue weighted by molar-refractivity contribution is 0.102. The van der Waals surface area contributed by atoms with E-state index in [2.05, 4.69) is 20.6 Å². The molecule has 0 saturated heterocycles. The molecule has 1 aromatic carbocycles. The van der Waals surface area contributed by atoms with Gasteiger partial charge in [-0.2, -0.15) is 5.10 Å². The van der Waals surface area contributed by atoms with Crippen molar-refractivity contribution in [1.82, 2.24) is 20.0 Å². The molecule has 2 heterocycles. The first-order valence-electron chi connectivity index (χ1n) is 7.46. The summed E-state index contributed by atoms with van der Waals surface area (Å²) in [6.07, 6.45) is 1.31. The van der Waals surface area contributed by atoms with Gasteiger partial charge < -0.3 is 0 Å². The maximum absolute atomic E-state index is 12.9. The van der Waals surface area contributed by atoms with Crippen LogP contribution in [0.25, 0.3) is 0 Å². The van der Waals surface area contributed by atoms with E-state index in [0.29, 0.717) is 5.13 Å². The van der Waals surface area contributed by atoms with Crippen molar-refractivity contribution in [3.63, 3.8) is 0 Å². The molecule has 2 aromatic heterocycles. The molecule has 0 saturated carbocycles. The van der Waals surface area contributed by atoms with E-state index in [4.69, 9.17) is 0 Å². The van der Waals surface area contributed by atoms with Gasteiger partial charge in [0.2, 0.25) is 5.13 Å². The highest BCUT2D eigenvalue weighted by molar-refractivity contribution is 7.92. The fourth-order valence-corrected chi connectivity index (χ4v) is 4.02. The fourth-order valence-electron chi connectivity index (χ4n) is 2.34. The van der Waals surface area contributed by atoms with Crippen LogP contribution in [0.3, 0.4) is 0 Å². The number of carbonyl (C=O) groups excluding carboxylic acids is 1. The third-order valence-corrected chi connectivity index (χ3v) is 6.08. The van der Waals surface area contributed by atoms with E-state index in [1.165, 1.54) is 35.6 Å². The fraction of sp³-hybridized carbons (Fsp3) is 0.200. The van der Waals surface area contributed by atoms with E-state index in [1.54, 1.807) is 19.2 Å². The smallest absolute Gasteiger partial charge is 0.265 e. The van der Waals surface area contributed by atoms with Gasteiger partial charge in [-0.25, -0.2) is 8.42 Å². The number of nitrogens with zero attached hydrogens (tertiary/aromatic N) is 5. The van der Waals surface area contributed by atoms with Crippen LogP contribution < -0.4 is 9.62 Å². The summed E-state index contributed by atoms with van der Waals surface area (Å²) < 4.78 is 28.2. The Morgan fingerprint density at radius 3 is 2.58 bits per heavy atom. The molecule has 9 nitrogen and oxygen atoms in total. The van der Waals surface area contributed by atoms with Gasteiger partial charge in [-0.05, 0) is 19.1 Å². The summed E-state index contributed by atoms with van der Waals surface area (Å²) in [4.78, 5) is 12.6. The summed E-state index contributed by atoms with van der Waals surface area (Å²) in [5.74, 6) is -0.372. The Morgan fingerprint density at radius 1 is 1.27 bits per heavy atom. The minimum Gasteiger partial charge on any atom is -0.296 e. The van der Waals surface area contributed by atoms with Crippen LogP contribution >= 0.6 is 11.3 Å². The number of hydrogen-bond donors (Lipinski definition) is 1. The Balaban J connectivity index is 1.97. The van der Waals surface area contributed by atoms with Gasteiger partial charge in [-0.1, -0.05) is 29.0 Å². The van der Waals surface area contributed by atoms with Crippen LogP contribution in [0.2, 0.25) is 0 Å². The predicted octanol–water partition coefficient (Wildman–Crippen LogP) is 1.66. The zero-order chi connectivity index (χ0) is 18.9. The molecule has 0 bridgehead atoms. The van der Waals surface area contributed by atoms with Crippen molar-refractivity contribution in [1.29, 1.82) is 0 Å². The molecule has 1 N–H and O–H groups in total. The third-order valence-electron chi connectivity index (χ3n) is 3.71. The topological polar surface area (TPSA) is 110 Å². The predicted molar refractivity (Wildman–Crippen MR) is 97.8 cm³/mol. The molecular formula is C15H16N6O3S2. The highest BCUT2D eigenvalue weighted by Gasteiger charge is 2.28. The number of sulfonamides is 1. The monoisotopic (exact) mass is 392 g/mol. The number of hydrogen-bond acceptors (Lipinski definition) is 7. The summed E-state index contributed by atoms with van der Waals surface area (Å²) in [7, 11) is -0.902. The molecule has 0 aliphatic carbocycles. The number of carbonyl (C=O) groups is 1. The second kappa shape index (κ2) is 6.84. The number of anilines is 2. The Kier molecular flexibility index (Phi) is 4.74. The van der Waals surface area contributed by atoms with Gasteiger partial charge in [0, 0.05) is 14.1 Å². The average molecular weight is 392 g/mol. The van der Waals surface area contributed by atoms with Gasteiger partial charge in [-0.3, -0.25) is 19.1 Å². The Bertz CT molecular complexity index is 1030. The van der Waals surface area contributed by atoms with Crippen molar-refractivity contribution < 1.29 is 13.2 Å². The molecule has 3 aromatic rings. The first kappa shape index (κ1) is 18.0. The first-order chi connectivity index (χ1) is 12.3. The lowest BCUT2D eigenvalue weighted by Gasteiger charge is -2.20. The molecule has 136 valence electrons. The van der Waals surface area contributed by atoms with Gasteiger partial charge in [0.05, 0.1) is 11.1 Å². The standard InChI is InChI=1S/C15H16N6O3S2/c1-10-4-6-11(7-5-10)26(23,24)21(3)14-12(8-17-20(14)2)13(22)18-15-19-16-9-25-15/h4-9H,1-3H3,(H,18,19,22). The Hall–Kier alpha value is -2.79. The van der Waals surface area contributed by atoms with Crippen LogP contribution in [0.1, 0.15) is 15.9 Å². The van der Waals surface area contributed by atoms with E-state index in [0.717, 1.165) is 21.2 Å². The highest BCUT2D eigenvalue weighted by Crippen LogP contribution is 2.26. The summed E-state index contributed by atoms with van der Waals surface area (Å²) >= 11 is 1.16. The van der Waals surface area contributed by atoms with Crippen molar-refractivity contribution in [2.24, 2.45) is 7.05 Å². The molecular weight excluding hydrogens is 376 g/mol. The van der Waals surface area contributed by atoms with E-state index in [9.17, 15) is 13.2 Å². The average Bonchev–Trinajstić information content (AvgIpc) is 3.24. The molecule has 0 aliphatic heterocycles. The zero-order valence-corrected chi connectivity index (χ0v) is 15.9. The van der Waals surface area contributed by atoms with E-state index < -0.39 is 15.9 Å². The van der Waals surface area contributed by atoms with Gasteiger partial charge in [0.1, 0.15) is 11.1 Å². The lowest BCUT2D eigenvalue weighted by Crippen LogP contribution is -2.30. The van der Waals surface area contributed by atoms with Crippen LogP contribution in [-0.2, 0) is 17.1 Å². The molecule has 0 spiro atoms. The zero-order valence-electron chi connectivity index (χ0n) is 14.2. The number of amides is 1. The highest BCUT2D eigenvalue weighted by atomic mass is 32.2. The SMILES string of the molecule is Cc1ccc(S(=O)(=O)N(C)c2c(C(=O)Nc3nncs3)cnn2C)cc1. The Labute approximate surface area is 154 Å². The van der Waals surface area contributed by atoms with Crippen molar-refractivity contribution in [3.8, 4) is 0 Å². The number of rotatable bonds is 5. The van der Waals surface area contributed by atoms with E-state index in [1.807, 2.05) is 6.92 Å². The quantitative estimate of drug-likeness (QED) is 0.707. The van der Waals surface area contributed by atoms with Gasteiger partial charge in [-0.15, -0.1) is 10.2 Å². The maximum Gasteiger partial charge on any atom is 0.265 e. The third kappa shape index (κ3) is 3.30. The molecule has 0 fully saturated rings. The summed E-state index contributed by atoms with van der Waals surface area (Å²) in [5, 5.41) is 14.3. The van der Waals surface area contributed by atoms with Crippen LogP contribution in [0.5, 0.6) is 0 Å². The second-order valence-electron chi connectivity index (χ2n) is 5.49. The molecule has 0 aliphatic rings. The molecule has 1 amide bonds. The molecule has 0 atom stereocenters. The minimum atomic E-state index is -3.85.